The lowest BCUT2D eigenvalue weighted by molar-refractivity contribution is 0.309. The molecular weight excluding hydrogens is 340 g/mol. The summed E-state index contributed by atoms with van der Waals surface area (Å²) in [5, 5.41) is 4.14. The summed E-state index contributed by atoms with van der Waals surface area (Å²) in [6, 6.07) is 18.6. The summed E-state index contributed by atoms with van der Waals surface area (Å²) in [4.78, 5) is 18.9. The summed E-state index contributed by atoms with van der Waals surface area (Å²) in [6.07, 6.45) is 3.81. The maximum absolute atomic E-state index is 11.9. The Hall–Kier alpha value is -3.41. The molecule has 6 heteroatoms. The maximum Gasteiger partial charge on any atom is 0.252 e. The molecule has 1 heterocycles. The molecule has 0 aliphatic rings. The molecule has 27 heavy (non-hydrogen) atoms. The van der Waals surface area contributed by atoms with Gasteiger partial charge in [0, 0.05) is 11.6 Å². The summed E-state index contributed by atoms with van der Waals surface area (Å²) >= 11 is 0. The van der Waals surface area contributed by atoms with Gasteiger partial charge in [-0.3, -0.25) is 9.78 Å². The molecule has 0 amide bonds. The quantitative estimate of drug-likeness (QED) is 0.360. The van der Waals surface area contributed by atoms with E-state index in [1.165, 1.54) is 6.07 Å². The van der Waals surface area contributed by atoms with Crippen LogP contribution in [0.1, 0.15) is 25.3 Å². The normalized spacial score (nSPS) is 10.9. The van der Waals surface area contributed by atoms with Gasteiger partial charge < -0.3 is 4.74 Å². The first kappa shape index (κ1) is 18.4. The number of hydrazone groups is 1. The number of benzene rings is 2. The molecule has 0 spiro atoms. The number of nitrogens with one attached hydrogen (secondary N) is 2. The molecule has 0 saturated carbocycles. The van der Waals surface area contributed by atoms with E-state index in [0.29, 0.717) is 5.69 Å². The van der Waals surface area contributed by atoms with Crippen LogP contribution in [0.4, 0.5) is 5.95 Å². The van der Waals surface area contributed by atoms with Crippen LogP contribution in [0.25, 0.3) is 11.3 Å². The van der Waals surface area contributed by atoms with Gasteiger partial charge >= 0.3 is 0 Å². The van der Waals surface area contributed by atoms with Gasteiger partial charge in [-0.1, -0.05) is 43.7 Å². The lowest BCUT2D eigenvalue weighted by Crippen LogP contribution is -2.10. The largest absolute Gasteiger partial charge is 0.494 e. The third-order valence-electron chi connectivity index (χ3n) is 3.84. The Morgan fingerprint density at radius 1 is 1.15 bits per heavy atom. The number of nitrogens with zero attached hydrogens (tertiary/aromatic N) is 2. The molecule has 1 aromatic heterocycles. The van der Waals surface area contributed by atoms with Crippen molar-refractivity contribution in [3.8, 4) is 17.0 Å². The first-order valence-electron chi connectivity index (χ1n) is 8.93. The number of ether oxygens (including phenoxy) is 1. The van der Waals surface area contributed by atoms with Gasteiger partial charge in [0.25, 0.3) is 5.56 Å². The van der Waals surface area contributed by atoms with Crippen LogP contribution in [0.3, 0.4) is 0 Å². The van der Waals surface area contributed by atoms with E-state index in [1.807, 2.05) is 54.6 Å². The van der Waals surface area contributed by atoms with Gasteiger partial charge in [0.15, 0.2) is 0 Å². The van der Waals surface area contributed by atoms with Crippen LogP contribution in [-0.4, -0.2) is 22.8 Å². The monoisotopic (exact) mass is 362 g/mol. The van der Waals surface area contributed by atoms with Gasteiger partial charge in [-0.2, -0.15) is 5.10 Å². The van der Waals surface area contributed by atoms with E-state index >= 15 is 0 Å². The van der Waals surface area contributed by atoms with Gasteiger partial charge in [0.2, 0.25) is 5.95 Å². The van der Waals surface area contributed by atoms with E-state index in [0.717, 1.165) is 36.3 Å². The van der Waals surface area contributed by atoms with Crippen molar-refractivity contribution in [1.29, 1.82) is 0 Å². The molecule has 0 bridgehead atoms. The van der Waals surface area contributed by atoms with Crippen LogP contribution >= 0.6 is 0 Å². The fourth-order valence-electron chi connectivity index (χ4n) is 2.42. The standard InChI is InChI=1S/C21H22N4O2/c1-2-3-13-27-18-11-9-16(10-12-18)15-22-25-21-23-19(14-20(26)24-21)17-7-5-4-6-8-17/h4-12,14-15H,2-3,13H2,1H3,(H2,23,24,25,26). The Bertz CT molecular complexity index is 934. The third-order valence-corrected chi connectivity index (χ3v) is 3.84. The molecule has 3 aromatic rings. The first-order valence-corrected chi connectivity index (χ1v) is 8.93. The van der Waals surface area contributed by atoms with Crippen LogP contribution in [-0.2, 0) is 0 Å². The van der Waals surface area contributed by atoms with Crippen molar-refractivity contribution in [3.63, 3.8) is 0 Å². The second-order valence-electron chi connectivity index (χ2n) is 5.99. The number of unbranched alkanes of at least 4 members (excludes halogenated alkanes) is 1. The van der Waals surface area contributed by atoms with Crippen LogP contribution in [0.2, 0.25) is 0 Å². The highest BCUT2D eigenvalue weighted by atomic mass is 16.5. The molecule has 0 fully saturated rings. The summed E-state index contributed by atoms with van der Waals surface area (Å²) in [7, 11) is 0. The summed E-state index contributed by atoms with van der Waals surface area (Å²) in [5.74, 6) is 1.13. The highest BCUT2D eigenvalue weighted by Crippen LogP contribution is 2.15. The van der Waals surface area contributed by atoms with Gasteiger partial charge in [-0.15, -0.1) is 0 Å². The van der Waals surface area contributed by atoms with Crippen molar-refractivity contribution < 1.29 is 4.74 Å². The average molecular weight is 362 g/mol. The molecule has 2 N–H and O–H groups in total. The number of anilines is 1. The highest BCUT2D eigenvalue weighted by Gasteiger charge is 2.03. The van der Waals surface area contributed by atoms with Crippen molar-refractivity contribution in [3.05, 3.63) is 76.6 Å². The SMILES string of the molecule is CCCCOc1ccc(C=NNc2nc(-c3ccccc3)cc(=O)[nH]2)cc1. The molecule has 0 atom stereocenters. The maximum atomic E-state index is 11.9. The summed E-state index contributed by atoms with van der Waals surface area (Å²) in [6.45, 7) is 2.86. The van der Waals surface area contributed by atoms with Gasteiger partial charge in [-0.05, 0) is 36.2 Å². The Labute approximate surface area is 157 Å². The number of H-pyrrole nitrogens is 1. The zero-order chi connectivity index (χ0) is 18.9. The molecule has 0 unspecified atom stereocenters. The van der Waals surface area contributed by atoms with Crippen LogP contribution < -0.4 is 15.7 Å². The lowest BCUT2D eigenvalue weighted by atomic mass is 10.1. The molecule has 0 aliphatic heterocycles. The predicted molar refractivity (Wildman–Crippen MR) is 108 cm³/mol. The van der Waals surface area contributed by atoms with Crippen molar-refractivity contribution >= 4 is 12.2 Å². The van der Waals surface area contributed by atoms with Crippen molar-refractivity contribution in [2.75, 3.05) is 12.0 Å². The van der Waals surface area contributed by atoms with Gasteiger partial charge in [-0.25, -0.2) is 10.4 Å². The van der Waals surface area contributed by atoms with Gasteiger partial charge in [0.05, 0.1) is 18.5 Å². The molecule has 138 valence electrons. The smallest absolute Gasteiger partial charge is 0.252 e. The minimum absolute atomic E-state index is 0.241. The van der Waals surface area contributed by atoms with E-state index in [1.54, 1.807) is 6.21 Å². The second-order valence-corrected chi connectivity index (χ2v) is 5.99. The highest BCUT2D eigenvalue weighted by molar-refractivity contribution is 5.80. The fourth-order valence-corrected chi connectivity index (χ4v) is 2.42. The molecule has 0 saturated heterocycles. The summed E-state index contributed by atoms with van der Waals surface area (Å²) < 4.78 is 5.63. The van der Waals surface area contributed by atoms with Crippen LogP contribution in [0.5, 0.6) is 5.75 Å². The minimum atomic E-state index is -0.241. The number of rotatable bonds is 8. The zero-order valence-electron chi connectivity index (χ0n) is 15.2. The van der Waals surface area contributed by atoms with E-state index in [9.17, 15) is 4.79 Å². The molecule has 3 rings (SSSR count). The predicted octanol–water partition coefficient (Wildman–Crippen LogP) is 4.06. The molecule has 0 radical (unpaired) electrons. The van der Waals surface area contributed by atoms with Crippen molar-refractivity contribution in [2.24, 2.45) is 5.10 Å². The van der Waals surface area contributed by atoms with Crippen LogP contribution in [0, 0.1) is 0 Å². The first-order chi connectivity index (χ1) is 13.2. The van der Waals surface area contributed by atoms with E-state index in [2.05, 4.69) is 27.4 Å². The number of aromatic amines is 1. The molecule has 0 aliphatic carbocycles. The van der Waals surface area contributed by atoms with E-state index in [4.69, 9.17) is 4.74 Å². The van der Waals surface area contributed by atoms with E-state index in [-0.39, 0.29) is 11.5 Å². The van der Waals surface area contributed by atoms with E-state index < -0.39 is 0 Å². The average Bonchev–Trinajstić information content (AvgIpc) is 2.70. The van der Waals surface area contributed by atoms with Gasteiger partial charge in [0.1, 0.15) is 5.75 Å². The number of hydrogen-bond donors (Lipinski definition) is 2. The Morgan fingerprint density at radius 2 is 1.93 bits per heavy atom. The van der Waals surface area contributed by atoms with Crippen molar-refractivity contribution in [2.45, 2.75) is 19.8 Å². The lowest BCUT2D eigenvalue weighted by Gasteiger charge is -2.05. The molecule has 2 aromatic carbocycles. The molecule has 6 nitrogen and oxygen atoms in total. The topological polar surface area (TPSA) is 79.4 Å². The third kappa shape index (κ3) is 5.54. The fraction of sp³-hybridized carbons (Fsp3) is 0.190. The Morgan fingerprint density at radius 3 is 2.67 bits per heavy atom. The Kier molecular flexibility index (Phi) is 6.35. The van der Waals surface area contributed by atoms with Crippen LogP contribution in [0.15, 0.2) is 70.6 Å². The molecular formula is C21H22N4O2. The Balaban J connectivity index is 1.64. The second kappa shape index (κ2) is 9.33. The number of hydrogen-bond acceptors (Lipinski definition) is 5. The zero-order valence-corrected chi connectivity index (χ0v) is 15.2. The minimum Gasteiger partial charge on any atom is -0.494 e. The summed E-state index contributed by atoms with van der Waals surface area (Å²) in [5.41, 5.74) is 4.90. The number of aromatic nitrogens is 2. The van der Waals surface area contributed by atoms with Crippen molar-refractivity contribution in [1.82, 2.24) is 9.97 Å².